The van der Waals surface area contributed by atoms with E-state index in [2.05, 4.69) is 25.9 Å². The minimum Gasteiger partial charge on any atom is -0.277 e. The third-order valence-corrected chi connectivity index (χ3v) is 3.27. The van der Waals surface area contributed by atoms with Crippen molar-refractivity contribution in [1.29, 1.82) is 0 Å². The van der Waals surface area contributed by atoms with Gasteiger partial charge in [0.1, 0.15) is 0 Å². The fourth-order valence-corrected chi connectivity index (χ4v) is 2.17. The van der Waals surface area contributed by atoms with Crippen molar-refractivity contribution in [3.05, 3.63) is 51.6 Å². The molecular weight excluding hydrogens is 296 g/mol. The van der Waals surface area contributed by atoms with Crippen molar-refractivity contribution < 1.29 is 0 Å². The molecule has 0 bridgehead atoms. The first kappa shape index (κ1) is 11.2. The van der Waals surface area contributed by atoms with Crippen LogP contribution in [0, 0.1) is 0 Å². The molecule has 0 aliphatic rings. The van der Waals surface area contributed by atoms with E-state index >= 15 is 0 Å². The normalized spacial score (nSPS) is 11.0. The van der Waals surface area contributed by atoms with Crippen molar-refractivity contribution in [1.82, 2.24) is 19.3 Å². The maximum absolute atomic E-state index is 12.3. The van der Waals surface area contributed by atoms with Gasteiger partial charge in [0.2, 0.25) is 0 Å². The van der Waals surface area contributed by atoms with Gasteiger partial charge in [-0.25, -0.2) is 4.98 Å². The maximum Gasteiger partial charge on any atom is 0.280 e. The zero-order valence-corrected chi connectivity index (χ0v) is 11.1. The van der Waals surface area contributed by atoms with Gasteiger partial charge in [0, 0.05) is 23.9 Å². The van der Waals surface area contributed by atoms with Crippen LogP contribution in [0.2, 0.25) is 0 Å². The Balaban J connectivity index is 2.36. The van der Waals surface area contributed by atoms with Gasteiger partial charge in [-0.05, 0) is 34.1 Å². The lowest BCUT2D eigenvalue weighted by atomic mass is 10.3. The molecule has 3 heterocycles. The van der Waals surface area contributed by atoms with Crippen LogP contribution in [0.25, 0.3) is 16.7 Å². The lowest BCUT2D eigenvalue weighted by Gasteiger charge is -2.05. The monoisotopic (exact) mass is 304 g/mol. The third kappa shape index (κ3) is 1.57. The highest BCUT2D eigenvalue weighted by atomic mass is 79.9. The molecular formula is C12H9BrN4O. The molecule has 6 heteroatoms. The van der Waals surface area contributed by atoms with Crippen LogP contribution in [0.1, 0.15) is 0 Å². The lowest BCUT2D eigenvalue weighted by Crippen LogP contribution is -2.20. The summed E-state index contributed by atoms with van der Waals surface area (Å²) >= 11 is 3.32. The Morgan fingerprint density at radius 3 is 2.72 bits per heavy atom. The number of aromatic nitrogens is 4. The summed E-state index contributed by atoms with van der Waals surface area (Å²) in [5.41, 5.74) is 0.692. The number of fused-ring (bicyclic) bond motifs is 1. The number of hydrogen-bond acceptors (Lipinski definition) is 3. The van der Waals surface area contributed by atoms with E-state index in [-0.39, 0.29) is 5.56 Å². The van der Waals surface area contributed by atoms with Crippen molar-refractivity contribution in [2.45, 2.75) is 0 Å². The molecule has 18 heavy (non-hydrogen) atoms. The summed E-state index contributed by atoms with van der Waals surface area (Å²) in [5, 5.41) is 0.636. The summed E-state index contributed by atoms with van der Waals surface area (Å²) in [6, 6.07) is 5.36. The topological polar surface area (TPSA) is 52.7 Å². The predicted octanol–water partition coefficient (Wildman–Crippen LogP) is 1.88. The number of hydrogen-bond donors (Lipinski definition) is 0. The molecule has 0 unspecified atom stereocenters. The molecule has 0 N–H and O–H groups in total. The minimum atomic E-state index is -0.0928. The van der Waals surface area contributed by atoms with Gasteiger partial charge in [0.25, 0.3) is 5.56 Å². The van der Waals surface area contributed by atoms with Gasteiger partial charge in [-0.1, -0.05) is 0 Å². The zero-order chi connectivity index (χ0) is 12.7. The van der Waals surface area contributed by atoms with Crippen LogP contribution in [0.5, 0.6) is 0 Å². The molecule has 0 aliphatic carbocycles. The number of rotatable bonds is 1. The van der Waals surface area contributed by atoms with Gasteiger partial charge in [0.15, 0.2) is 5.82 Å². The molecule has 0 radical (unpaired) electrons. The van der Waals surface area contributed by atoms with Crippen molar-refractivity contribution in [2.24, 2.45) is 7.05 Å². The SMILES string of the molecule is Cn1c2cnccc2c(=O)n1-c1ccc(Br)cn1. The second kappa shape index (κ2) is 4.06. The Hall–Kier alpha value is -1.95. The molecule has 0 amide bonds. The van der Waals surface area contributed by atoms with E-state index in [1.54, 1.807) is 35.4 Å². The Morgan fingerprint density at radius 2 is 2.06 bits per heavy atom. The van der Waals surface area contributed by atoms with Gasteiger partial charge in [-0.2, -0.15) is 4.68 Å². The summed E-state index contributed by atoms with van der Waals surface area (Å²) in [6.07, 6.45) is 4.95. The molecule has 0 saturated carbocycles. The molecule has 3 rings (SSSR count). The Kier molecular flexibility index (Phi) is 2.52. The average molecular weight is 305 g/mol. The summed E-state index contributed by atoms with van der Waals surface area (Å²) in [7, 11) is 1.81. The Labute approximate surface area is 111 Å². The molecule has 0 spiro atoms. The summed E-state index contributed by atoms with van der Waals surface area (Å²) in [5.74, 6) is 0.585. The number of halogens is 1. The van der Waals surface area contributed by atoms with E-state index in [9.17, 15) is 4.79 Å². The van der Waals surface area contributed by atoms with E-state index in [0.717, 1.165) is 9.99 Å². The van der Waals surface area contributed by atoms with Gasteiger partial charge in [0.05, 0.1) is 17.1 Å². The van der Waals surface area contributed by atoms with Gasteiger partial charge in [-0.3, -0.25) is 14.5 Å². The first-order valence-corrected chi connectivity index (χ1v) is 6.11. The van der Waals surface area contributed by atoms with E-state index in [1.165, 1.54) is 4.68 Å². The first-order chi connectivity index (χ1) is 8.68. The van der Waals surface area contributed by atoms with Crippen LogP contribution < -0.4 is 5.56 Å². The lowest BCUT2D eigenvalue weighted by molar-refractivity contribution is 0.652. The number of pyridine rings is 2. The summed E-state index contributed by atoms with van der Waals surface area (Å²) < 4.78 is 4.15. The fraction of sp³-hybridized carbons (Fsp3) is 0.0833. The smallest absolute Gasteiger partial charge is 0.277 e. The van der Waals surface area contributed by atoms with Crippen molar-refractivity contribution in [2.75, 3.05) is 0 Å². The first-order valence-electron chi connectivity index (χ1n) is 5.32. The Bertz CT molecular complexity index is 773. The second-order valence-corrected chi connectivity index (χ2v) is 4.78. The highest BCUT2D eigenvalue weighted by Crippen LogP contribution is 2.13. The summed E-state index contributed by atoms with van der Waals surface area (Å²) in [4.78, 5) is 20.6. The predicted molar refractivity (Wildman–Crippen MR) is 71.8 cm³/mol. The largest absolute Gasteiger partial charge is 0.280 e. The molecule has 5 nitrogen and oxygen atoms in total. The van der Waals surface area contributed by atoms with Crippen LogP contribution in [-0.4, -0.2) is 19.3 Å². The van der Waals surface area contributed by atoms with E-state index in [1.807, 2.05) is 13.1 Å². The molecule has 0 fully saturated rings. The standard InChI is InChI=1S/C12H9BrN4O/c1-16-10-7-14-5-4-9(10)12(18)17(16)11-3-2-8(13)6-15-11/h2-7H,1H3. The molecule has 0 saturated heterocycles. The van der Waals surface area contributed by atoms with E-state index in [0.29, 0.717) is 11.2 Å². The molecule has 3 aromatic rings. The van der Waals surface area contributed by atoms with E-state index < -0.39 is 0 Å². The average Bonchev–Trinajstić information content (AvgIpc) is 2.64. The van der Waals surface area contributed by atoms with Crippen LogP contribution in [-0.2, 0) is 7.05 Å². The Morgan fingerprint density at radius 1 is 1.22 bits per heavy atom. The third-order valence-electron chi connectivity index (χ3n) is 2.80. The zero-order valence-electron chi connectivity index (χ0n) is 9.54. The van der Waals surface area contributed by atoms with E-state index in [4.69, 9.17) is 0 Å². The highest BCUT2D eigenvalue weighted by molar-refractivity contribution is 9.10. The number of aryl methyl sites for hydroxylation is 1. The van der Waals surface area contributed by atoms with Crippen LogP contribution >= 0.6 is 15.9 Å². The van der Waals surface area contributed by atoms with Crippen LogP contribution in [0.3, 0.4) is 0 Å². The summed E-state index contributed by atoms with van der Waals surface area (Å²) in [6.45, 7) is 0. The van der Waals surface area contributed by atoms with Crippen LogP contribution in [0.4, 0.5) is 0 Å². The van der Waals surface area contributed by atoms with Gasteiger partial charge >= 0.3 is 0 Å². The highest BCUT2D eigenvalue weighted by Gasteiger charge is 2.12. The van der Waals surface area contributed by atoms with Crippen molar-refractivity contribution in [3.63, 3.8) is 0 Å². The van der Waals surface area contributed by atoms with Crippen LogP contribution in [0.15, 0.2) is 46.1 Å². The fourth-order valence-electron chi connectivity index (χ4n) is 1.93. The molecule has 3 aromatic heterocycles. The molecule has 90 valence electrons. The quantitative estimate of drug-likeness (QED) is 0.690. The van der Waals surface area contributed by atoms with Gasteiger partial charge < -0.3 is 0 Å². The minimum absolute atomic E-state index is 0.0928. The molecule has 0 aliphatic heterocycles. The maximum atomic E-state index is 12.3. The number of nitrogens with zero attached hydrogens (tertiary/aromatic N) is 4. The van der Waals surface area contributed by atoms with Gasteiger partial charge in [-0.15, -0.1) is 0 Å². The van der Waals surface area contributed by atoms with Crippen molar-refractivity contribution >= 4 is 26.8 Å². The van der Waals surface area contributed by atoms with Crippen molar-refractivity contribution in [3.8, 4) is 5.82 Å². The molecule has 0 aromatic carbocycles. The second-order valence-electron chi connectivity index (χ2n) is 3.87. The molecule has 0 atom stereocenters.